The molecule has 0 N–H and O–H groups in total. The van der Waals surface area contributed by atoms with Crippen LogP contribution in [-0.2, 0) is 4.74 Å². The van der Waals surface area contributed by atoms with Gasteiger partial charge in [-0.3, -0.25) is 0 Å². The first kappa shape index (κ1) is 16.0. The molecular weight excluding hydrogens is 424 g/mol. The maximum Gasteiger partial charge on any atom is 2.00 e. The molecule has 1 aliphatic heterocycles. The zero-order valence-electron chi connectivity index (χ0n) is 9.86. The van der Waals surface area contributed by atoms with Gasteiger partial charge >= 0.3 is 31.1 Å². The molecule has 86 valence electrons. The summed E-state index contributed by atoms with van der Waals surface area (Å²) in [6.45, 7) is 2.32. The topological polar surface area (TPSA) is 12.5 Å². The Morgan fingerprint density at radius 2 is 1.94 bits per heavy atom. The van der Waals surface area contributed by atoms with Gasteiger partial charge in [-0.2, -0.15) is 6.42 Å². The summed E-state index contributed by atoms with van der Waals surface area (Å²) in [4.78, 5) is 2.42. The molecule has 2 rings (SSSR count). The van der Waals surface area contributed by atoms with Gasteiger partial charge in [-0.25, -0.2) is 7.11 Å². The number of methoxy groups -OCH3 is 1. The van der Waals surface area contributed by atoms with E-state index in [2.05, 4.69) is 53.5 Å². The van der Waals surface area contributed by atoms with Crippen LogP contribution >= 0.6 is 0 Å². The number of rotatable bonds is 1. The largest absolute Gasteiger partial charge is 2.00 e. The van der Waals surface area contributed by atoms with Gasteiger partial charge in [0.2, 0.25) is 0 Å². The van der Waals surface area contributed by atoms with Gasteiger partial charge < -0.3 is 16.1 Å². The van der Waals surface area contributed by atoms with Crippen LogP contribution in [0.25, 0.3) is 0 Å². The smallest absolute Gasteiger partial charge is 0.557 e. The van der Waals surface area contributed by atoms with E-state index in [-0.39, 0.29) is 31.1 Å². The minimum absolute atomic E-state index is 0. The monoisotopic (exact) mass is 443 g/mol. The SMILES string of the molecule is [CH2-]OC.[U+2].c1ccc(N2C[CH-]CCC2)cc1. The van der Waals surface area contributed by atoms with Crippen LogP contribution in [-0.4, -0.2) is 20.2 Å². The second-order valence-corrected chi connectivity index (χ2v) is 3.50. The fourth-order valence-corrected chi connectivity index (χ4v) is 1.64. The number of ether oxygens (including phenoxy) is 1. The molecule has 1 fully saturated rings. The summed E-state index contributed by atoms with van der Waals surface area (Å²) in [6.07, 6.45) is 4.94. The molecular formula is C13H19NOU. The molecule has 1 saturated heterocycles. The molecule has 2 nitrogen and oxygen atoms in total. The van der Waals surface area contributed by atoms with Crippen molar-refractivity contribution >= 4 is 5.69 Å². The quantitative estimate of drug-likeness (QED) is 0.620. The van der Waals surface area contributed by atoms with Gasteiger partial charge in [0.05, 0.1) is 0 Å². The van der Waals surface area contributed by atoms with Crippen LogP contribution in [0.4, 0.5) is 5.69 Å². The van der Waals surface area contributed by atoms with E-state index in [0.29, 0.717) is 0 Å². The van der Waals surface area contributed by atoms with E-state index >= 15 is 0 Å². The van der Waals surface area contributed by atoms with Gasteiger partial charge in [-0.1, -0.05) is 24.6 Å². The van der Waals surface area contributed by atoms with E-state index in [1.54, 1.807) is 0 Å². The van der Waals surface area contributed by atoms with E-state index in [4.69, 9.17) is 0 Å². The molecule has 0 unspecified atom stereocenters. The third kappa shape index (κ3) is 5.94. The van der Waals surface area contributed by atoms with Crippen LogP contribution in [0.1, 0.15) is 12.8 Å². The van der Waals surface area contributed by atoms with E-state index < -0.39 is 0 Å². The molecule has 0 aliphatic carbocycles. The summed E-state index contributed by atoms with van der Waals surface area (Å²) < 4.78 is 4.00. The van der Waals surface area contributed by atoms with Gasteiger partial charge in [0.25, 0.3) is 0 Å². The van der Waals surface area contributed by atoms with Crippen LogP contribution in [0.15, 0.2) is 30.3 Å². The summed E-state index contributed by atoms with van der Waals surface area (Å²) in [5, 5.41) is 0. The van der Waals surface area contributed by atoms with Crippen molar-refractivity contribution in [1.29, 1.82) is 0 Å². The van der Waals surface area contributed by atoms with Crippen LogP contribution in [0.5, 0.6) is 0 Å². The minimum Gasteiger partial charge on any atom is -0.557 e. The summed E-state index contributed by atoms with van der Waals surface area (Å²) in [5.41, 5.74) is 1.36. The van der Waals surface area contributed by atoms with E-state index in [9.17, 15) is 0 Å². The zero-order valence-corrected chi connectivity index (χ0v) is 14.0. The van der Waals surface area contributed by atoms with Crippen molar-refractivity contribution in [1.82, 2.24) is 0 Å². The molecule has 0 aromatic heterocycles. The molecule has 0 bridgehead atoms. The maximum atomic E-state index is 4.00. The average molecular weight is 443 g/mol. The number of para-hydroxylation sites is 1. The molecule has 0 saturated carbocycles. The van der Waals surface area contributed by atoms with Gasteiger partial charge in [-0.15, -0.1) is 6.54 Å². The van der Waals surface area contributed by atoms with Gasteiger partial charge in [0.15, 0.2) is 0 Å². The van der Waals surface area contributed by atoms with Crippen LogP contribution in [0, 0.1) is 44.6 Å². The normalized spacial score (nSPS) is 14.5. The number of benzene rings is 1. The van der Waals surface area contributed by atoms with Crippen molar-refractivity contribution in [2.75, 3.05) is 25.1 Å². The van der Waals surface area contributed by atoms with Gasteiger partial charge in [0, 0.05) is 12.2 Å². The van der Waals surface area contributed by atoms with Crippen LogP contribution in [0.3, 0.4) is 0 Å². The predicted octanol–water partition coefficient (Wildman–Crippen LogP) is 2.92. The van der Waals surface area contributed by atoms with Crippen LogP contribution in [0.2, 0.25) is 0 Å². The standard InChI is InChI=1S/C11H14N.C2H5O.U/c1-3-7-11(8-4-1)12-9-5-2-6-10-12;1-3-2;/h1,3-5,7-8H,2,6,9-10H2;1H2,2H3;/q2*-1;+2. The second-order valence-electron chi connectivity index (χ2n) is 3.50. The molecule has 0 amide bonds. The summed E-state index contributed by atoms with van der Waals surface area (Å²) in [5.74, 6) is 0. The summed E-state index contributed by atoms with van der Waals surface area (Å²) >= 11 is 0. The molecule has 0 radical (unpaired) electrons. The fraction of sp³-hybridized carbons (Fsp3) is 0.385. The van der Waals surface area contributed by atoms with E-state index in [1.165, 1.54) is 32.2 Å². The van der Waals surface area contributed by atoms with Crippen molar-refractivity contribution in [3.8, 4) is 0 Å². The van der Waals surface area contributed by atoms with Crippen molar-refractivity contribution in [2.24, 2.45) is 0 Å². The zero-order chi connectivity index (χ0) is 10.9. The minimum atomic E-state index is 0. The molecule has 0 atom stereocenters. The second kappa shape index (κ2) is 10.2. The van der Waals surface area contributed by atoms with E-state index in [1.807, 2.05) is 0 Å². The first-order valence-corrected chi connectivity index (χ1v) is 5.28. The maximum absolute atomic E-state index is 4.00. The number of hydrogen-bond donors (Lipinski definition) is 0. The number of nitrogens with zero attached hydrogens (tertiary/aromatic N) is 1. The molecule has 1 aliphatic rings. The Hall–Kier alpha value is 0.0319. The molecule has 1 aromatic carbocycles. The third-order valence-corrected chi connectivity index (χ3v) is 2.31. The number of anilines is 1. The summed E-state index contributed by atoms with van der Waals surface area (Å²) in [6, 6.07) is 10.6. The predicted molar refractivity (Wildman–Crippen MR) is 64.6 cm³/mol. The Morgan fingerprint density at radius 3 is 2.44 bits per heavy atom. The van der Waals surface area contributed by atoms with Gasteiger partial charge in [0.1, 0.15) is 0 Å². The third-order valence-electron chi connectivity index (χ3n) is 2.31. The van der Waals surface area contributed by atoms with Crippen molar-refractivity contribution in [3.63, 3.8) is 0 Å². The molecule has 0 spiro atoms. The van der Waals surface area contributed by atoms with Crippen LogP contribution < -0.4 is 4.90 Å². The Bertz CT molecular complexity index is 247. The number of hydrogen-bond acceptors (Lipinski definition) is 2. The molecule has 1 heterocycles. The average Bonchev–Trinajstić information content (AvgIpc) is 2.32. The van der Waals surface area contributed by atoms with Crippen molar-refractivity contribution in [3.05, 3.63) is 43.9 Å². The van der Waals surface area contributed by atoms with E-state index in [0.717, 1.165) is 6.54 Å². The Morgan fingerprint density at radius 1 is 1.31 bits per heavy atom. The Kier molecular flexibility index (Phi) is 10.2. The van der Waals surface area contributed by atoms with Gasteiger partial charge in [-0.05, 0) is 19.2 Å². The fourth-order valence-electron chi connectivity index (χ4n) is 1.64. The molecule has 3 heteroatoms. The molecule has 1 aromatic rings. The Labute approximate surface area is 123 Å². The first-order chi connectivity index (χ1) is 7.38. The van der Waals surface area contributed by atoms with Crippen molar-refractivity contribution < 1.29 is 35.9 Å². The Balaban J connectivity index is 0.000000511. The first-order valence-electron chi connectivity index (χ1n) is 5.28. The summed E-state index contributed by atoms with van der Waals surface area (Å²) in [7, 11) is 4.50. The molecule has 16 heavy (non-hydrogen) atoms. The number of piperidine rings is 1. The van der Waals surface area contributed by atoms with Crippen molar-refractivity contribution in [2.45, 2.75) is 12.8 Å².